The molecule has 0 atom stereocenters. The van der Waals surface area contributed by atoms with Crippen molar-refractivity contribution in [1.82, 2.24) is 39.5 Å². The van der Waals surface area contributed by atoms with Gasteiger partial charge in [0.1, 0.15) is 5.82 Å². The first-order valence-electron chi connectivity index (χ1n) is 39.8. The third-order valence-corrected chi connectivity index (χ3v) is 22.4. The zero-order chi connectivity index (χ0) is 84.0. The number of rotatable bonds is 18. The van der Waals surface area contributed by atoms with E-state index in [0.717, 1.165) is 132 Å². The third kappa shape index (κ3) is 17.7. The van der Waals surface area contributed by atoms with Crippen LogP contribution in [-0.2, 0) is 47.9 Å². The molecule has 0 aliphatic carbocycles. The van der Waals surface area contributed by atoms with Crippen molar-refractivity contribution in [3.63, 3.8) is 0 Å². The van der Waals surface area contributed by atoms with Gasteiger partial charge in [0.25, 0.3) is 0 Å². The summed E-state index contributed by atoms with van der Waals surface area (Å²) in [6.45, 7) is 10.6. The molecule has 3 amide bonds. The minimum Gasteiger partial charge on any atom is -0.494 e. The Bertz CT molecular complexity index is 6000. The van der Waals surface area contributed by atoms with Crippen molar-refractivity contribution >= 4 is 120 Å². The number of anilines is 3. The van der Waals surface area contributed by atoms with E-state index in [0.29, 0.717) is 129 Å². The van der Waals surface area contributed by atoms with Gasteiger partial charge in [-0.15, -0.1) is 0 Å². The van der Waals surface area contributed by atoms with Crippen molar-refractivity contribution < 1.29 is 62.7 Å². The van der Waals surface area contributed by atoms with Gasteiger partial charge in [0.05, 0.1) is 109 Å². The fourth-order valence-electron chi connectivity index (χ4n) is 16.1. The molecule has 3 aromatic heterocycles. The number of halogens is 1. The number of aromatic nitrogens is 3. The number of esters is 3. The van der Waals surface area contributed by atoms with Crippen molar-refractivity contribution in [1.29, 1.82) is 0 Å². The number of carbonyl (C=O) groups is 6. The zero-order valence-electron chi connectivity index (χ0n) is 67.8. The van der Waals surface area contributed by atoms with Crippen molar-refractivity contribution in [2.45, 2.75) is 19.3 Å². The summed E-state index contributed by atoms with van der Waals surface area (Å²) in [6.07, 6.45) is 2.24. The molecule has 0 bridgehead atoms. The van der Waals surface area contributed by atoms with Gasteiger partial charge < -0.3 is 73.9 Å². The van der Waals surface area contributed by atoms with Crippen molar-refractivity contribution in [3.05, 3.63) is 267 Å². The number of piperazine rings is 2. The molecule has 0 radical (unpaired) electrons. The summed E-state index contributed by atoms with van der Waals surface area (Å²) in [6, 6.07) is 57.9. The minimum atomic E-state index is -0.492. The van der Waals surface area contributed by atoms with Crippen molar-refractivity contribution in [2.24, 2.45) is 15.0 Å². The molecule has 2 saturated heterocycles. The van der Waals surface area contributed by atoms with Gasteiger partial charge in [-0.3, -0.25) is 24.2 Å². The lowest BCUT2D eigenvalue weighted by atomic mass is 10.00. The summed E-state index contributed by atoms with van der Waals surface area (Å²) < 4.78 is 28.4. The van der Waals surface area contributed by atoms with Crippen LogP contribution in [0.25, 0.3) is 32.7 Å². The first-order valence-corrected chi connectivity index (χ1v) is 39.8. The number of nitrogens with zero attached hydrogens (tertiary/aromatic N) is 11. The van der Waals surface area contributed by atoms with Gasteiger partial charge in [-0.25, -0.2) is 33.8 Å². The highest BCUT2D eigenvalue weighted by Crippen LogP contribution is 2.40. The molecule has 8 heterocycles. The number of hydrogen-bond donors (Lipinski definition) is 6. The molecular weight excluding hydrogens is 1520 g/mol. The lowest BCUT2D eigenvalue weighted by Crippen LogP contribution is -2.48. The van der Waals surface area contributed by atoms with Crippen LogP contribution in [0.1, 0.15) is 81.1 Å². The highest BCUT2D eigenvalue weighted by molar-refractivity contribution is 6.24. The lowest BCUT2D eigenvalue weighted by molar-refractivity contribution is -0.120. The number of aliphatic imine (C=N–C) groups is 3. The van der Waals surface area contributed by atoms with Crippen LogP contribution in [0.4, 0.5) is 38.5 Å². The molecule has 120 heavy (non-hydrogen) atoms. The van der Waals surface area contributed by atoms with Crippen LogP contribution in [-0.4, -0.2) is 249 Å². The van der Waals surface area contributed by atoms with Gasteiger partial charge >= 0.3 is 17.9 Å². The largest absolute Gasteiger partial charge is 0.494 e. The topological polar surface area (TPSA) is 301 Å². The van der Waals surface area contributed by atoms with Gasteiger partial charge in [0.2, 0.25) is 17.7 Å². The highest BCUT2D eigenvalue weighted by atomic mass is 19.1. The first-order chi connectivity index (χ1) is 58.1. The number of hydrogen-bond acceptors (Lipinski definition) is 20. The monoisotopic (exact) mass is 1620 g/mol. The van der Waals surface area contributed by atoms with Crippen LogP contribution < -0.4 is 14.7 Å². The number of fused-ring (bicyclic) bond motifs is 6. The third-order valence-electron chi connectivity index (χ3n) is 22.4. The maximum atomic E-state index is 13.8. The molecule has 17 rings (SSSR count). The van der Waals surface area contributed by atoms with E-state index in [1.807, 2.05) is 149 Å². The Morgan fingerprint density at radius 1 is 0.383 bits per heavy atom. The maximum Gasteiger partial charge on any atom is 0.337 e. The number of nitrogens with one attached hydrogen (secondary N) is 3. The van der Waals surface area contributed by atoms with E-state index in [1.54, 1.807) is 66.7 Å². The Hall–Kier alpha value is -13.4. The zero-order valence-corrected chi connectivity index (χ0v) is 67.8. The van der Waals surface area contributed by atoms with E-state index in [1.165, 1.54) is 33.5 Å². The van der Waals surface area contributed by atoms with Crippen molar-refractivity contribution in [3.8, 4) is 17.6 Å². The lowest BCUT2D eigenvalue weighted by Gasteiger charge is -2.32. The van der Waals surface area contributed by atoms with Gasteiger partial charge in [-0.1, -0.05) is 78.9 Å². The number of aromatic amines is 3. The van der Waals surface area contributed by atoms with Crippen LogP contribution in [0, 0.1) is 5.82 Å². The van der Waals surface area contributed by atoms with Gasteiger partial charge in [-0.05, 0) is 179 Å². The smallest absolute Gasteiger partial charge is 0.337 e. The van der Waals surface area contributed by atoms with Gasteiger partial charge in [0.15, 0.2) is 17.6 Å². The van der Waals surface area contributed by atoms with E-state index >= 15 is 0 Å². The summed E-state index contributed by atoms with van der Waals surface area (Å²) in [4.78, 5) is 115. The molecule has 614 valence electrons. The molecule has 5 aliphatic heterocycles. The number of likely N-dealkylation sites (N-methyl/N-ethyl adjacent to an activating group) is 3. The van der Waals surface area contributed by atoms with Gasteiger partial charge in [0, 0.05) is 138 Å². The molecule has 0 saturated carbocycles. The Morgan fingerprint density at radius 3 is 1.01 bits per heavy atom. The standard InChI is InChI=1S/C32H32FN5O4.C32H33N5O4.C29H28N4O4/c1-36-13-15-37(16-14-36)19-28(39)38-12-11-21-17-24(8-10-27(21)38)34-30(20-3-6-23(33)7-4-20)29-25-9-5-22(32(41)42-2)18-26(25)35-31(29)40;1-35-14-16-36(17-15-35)20-28(38)37-13-12-22-18-24(9-11-27(22)37)33-30(21-6-4-3-5-7-21)29-25-10-8-23(32(40)41-2)19-26(25)34-31(29)39;1-32(2)17-25(34)33-14-13-19-15-21(10-12-24(19)33)30-27(18-7-5-4-6-8-18)26-22-11-9-20(29(36)37-3)16-23(22)31-28(26)35/h3-10,17-18,35,40H,11-16,19H2,1-2H3;3-11,18-19,34,39H,12-17,20H2,1-2H3;4-12,15-16,31,35H,13-14,17H2,1-3H3. The Morgan fingerprint density at radius 2 is 0.692 bits per heavy atom. The molecule has 5 aliphatic rings. The van der Waals surface area contributed by atoms with E-state index in [-0.39, 0.29) is 41.2 Å². The normalized spacial score (nSPS) is 15.3. The van der Waals surface area contributed by atoms with Crippen LogP contribution in [0.15, 0.2) is 209 Å². The maximum absolute atomic E-state index is 13.8. The number of aromatic hydroxyl groups is 3. The molecule has 12 aromatic rings. The fourth-order valence-corrected chi connectivity index (χ4v) is 16.1. The Balaban J connectivity index is 0.000000141. The van der Waals surface area contributed by atoms with Crippen LogP contribution in [0.5, 0.6) is 17.6 Å². The molecule has 26 nitrogen and oxygen atoms in total. The molecular formula is C93H93FN14O12. The van der Waals surface area contributed by atoms with Gasteiger partial charge in [-0.2, -0.15) is 0 Å². The van der Waals surface area contributed by atoms with E-state index in [9.17, 15) is 48.5 Å². The molecule has 2 fully saturated rings. The minimum absolute atomic E-state index is 0.0357. The van der Waals surface area contributed by atoms with E-state index < -0.39 is 17.9 Å². The second kappa shape index (κ2) is 35.8. The average Bonchev–Trinajstić information content (AvgIpc) is 1.61. The molecule has 6 N–H and O–H groups in total. The SMILES string of the molecule is COC(=O)c1ccc2c(C(=Nc3ccc4c(c3)CCN4C(=O)CN(C)C)c3ccccc3)c(O)[nH]c2c1.COC(=O)c1ccc2c(C(=Nc3ccc4c(c3)CCN4C(=O)CN3CCN(C)CC3)c3ccc(F)cc3)c(O)[nH]c2c1.COC(=O)c1ccc2c(C(=Nc3ccc4c(c3)CCN4C(=O)CN3CCN(C)CC3)c3ccccc3)c(O)[nH]c2c1. The van der Waals surface area contributed by atoms with Crippen molar-refractivity contribution in [2.75, 3.05) is 156 Å². The predicted molar refractivity (Wildman–Crippen MR) is 463 cm³/mol. The average molecular weight is 1620 g/mol. The predicted octanol–water partition coefficient (Wildman–Crippen LogP) is 12.4. The molecule has 27 heteroatoms. The number of ether oxygens (including phenoxy) is 3. The van der Waals surface area contributed by atoms with Crippen LogP contribution in [0.3, 0.4) is 0 Å². The Labute approximate surface area is 692 Å². The highest BCUT2D eigenvalue weighted by Gasteiger charge is 2.32. The Kier molecular flexibility index (Phi) is 24.4. The molecule has 0 spiro atoms. The summed E-state index contributed by atoms with van der Waals surface area (Å²) in [7, 11) is 11.9. The second-order valence-corrected chi connectivity index (χ2v) is 30.6. The summed E-state index contributed by atoms with van der Waals surface area (Å²) >= 11 is 0. The number of carbonyl (C=O) groups excluding carboxylic acids is 6. The van der Waals surface area contributed by atoms with Crippen LogP contribution in [0.2, 0.25) is 0 Å². The summed E-state index contributed by atoms with van der Waals surface area (Å²) in [5, 5.41) is 35.1. The molecule has 0 unspecified atom stereocenters. The quantitative estimate of drug-likeness (QED) is 0.0264. The second-order valence-electron chi connectivity index (χ2n) is 30.6. The van der Waals surface area contributed by atoms with E-state index in [2.05, 4.69) is 48.6 Å². The summed E-state index contributed by atoms with van der Waals surface area (Å²) in [5.41, 5.74) is 16.3. The first kappa shape index (κ1) is 81.7. The number of amides is 3. The number of benzene rings is 9. The summed E-state index contributed by atoms with van der Waals surface area (Å²) in [5.74, 6) is -1.69. The fraction of sp³-hybridized carbons (Fsp3) is 0.258. The molecule has 9 aromatic carbocycles. The van der Waals surface area contributed by atoms with Crippen LogP contribution >= 0.6 is 0 Å². The number of H-pyrrole nitrogens is 3. The number of methoxy groups -OCH3 is 3. The van der Waals surface area contributed by atoms with E-state index in [4.69, 9.17) is 29.2 Å².